The smallest absolute Gasteiger partial charge is 0.123 e. The Morgan fingerprint density at radius 2 is 1.85 bits per heavy atom. The van der Waals surface area contributed by atoms with Crippen LogP contribution in [0.25, 0.3) is 11.0 Å². The molecule has 0 saturated carbocycles. The molecule has 4 rings (SSSR count). The zero-order valence-corrected chi connectivity index (χ0v) is 15.8. The van der Waals surface area contributed by atoms with Crippen LogP contribution in [0.1, 0.15) is 37.1 Å². The van der Waals surface area contributed by atoms with Crippen molar-refractivity contribution in [2.45, 2.75) is 38.6 Å². The highest BCUT2D eigenvalue weighted by Gasteiger charge is 2.21. The van der Waals surface area contributed by atoms with E-state index in [0.717, 1.165) is 18.0 Å². The molecule has 1 aliphatic heterocycles. The standard InChI is InChI=1S/C23H29N3/c1-25-22-15-6-5-14-21(22)24-23(25)18-26-16-8-13-20(17-26)12-7-11-19-9-3-2-4-10-19/h2-6,9-10,14-15,20H,7-8,11-13,16-18H2,1H3. The number of para-hydroxylation sites is 2. The Balaban J connectivity index is 1.32. The summed E-state index contributed by atoms with van der Waals surface area (Å²) in [7, 11) is 2.14. The molecule has 1 aliphatic rings. The Labute approximate surface area is 156 Å². The maximum atomic E-state index is 4.85. The van der Waals surface area contributed by atoms with Crippen molar-refractivity contribution >= 4 is 11.0 Å². The number of benzene rings is 2. The number of rotatable bonds is 6. The summed E-state index contributed by atoms with van der Waals surface area (Å²) in [6.07, 6.45) is 6.55. The van der Waals surface area contributed by atoms with Gasteiger partial charge < -0.3 is 4.57 Å². The topological polar surface area (TPSA) is 21.1 Å². The molecule has 2 heterocycles. The first-order chi connectivity index (χ1) is 12.8. The molecule has 1 atom stereocenters. The first-order valence-electron chi connectivity index (χ1n) is 9.96. The molecule has 0 spiro atoms. The molecule has 0 N–H and O–H groups in total. The quantitative estimate of drug-likeness (QED) is 0.638. The van der Waals surface area contributed by atoms with Gasteiger partial charge in [0.25, 0.3) is 0 Å². The minimum Gasteiger partial charge on any atom is -0.330 e. The minimum absolute atomic E-state index is 0.835. The fourth-order valence-electron chi connectivity index (χ4n) is 4.31. The van der Waals surface area contributed by atoms with E-state index in [1.165, 1.54) is 62.1 Å². The van der Waals surface area contributed by atoms with Crippen LogP contribution < -0.4 is 0 Å². The van der Waals surface area contributed by atoms with E-state index in [4.69, 9.17) is 4.98 Å². The molecule has 3 aromatic rings. The van der Waals surface area contributed by atoms with E-state index in [-0.39, 0.29) is 0 Å². The van der Waals surface area contributed by atoms with Gasteiger partial charge in [-0.25, -0.2) is 4.98 Å². The lowest BCUT2D eigenvalue weighted by molar-refractivity contribution is 0.156. The molecule has 136 valence electrons. The predicted molar refractivity (Wildman–Crippen MR) is 108 cm³/mol. The van der Waals surface area contributed by atoms with Crippen molar-refractivity contribution in [1.29, 1.82) is 0 Å². The van der Waals surface area contributed by atoms with Crippen LogP contribution in [0.3, 0.4) is 0 Å². The Morgan fingerprint density at radius 1 is 1.04 bits per heavy atom. The van der Waals surface area contributed by atoms with Gasteiger partial charge in [-0.2, -0.15) is 0 Å². The first kappa shape index (κ1) is 17.3. The van der Waals surface area contributed by atoms with E-state index in [1.54, 1.807) is 0 Å². The highest BCUT2D eigenvalue weighted by Crippen LogP contribution is 2.24. The number of aromatic nitrogens is 2. The first-order valence-corrected chi connectivity index (χ1v) is 9.96. The Hall–Kier alpha value is -2.13. The molecule has 26 heavy (non-hydrogen) atoms. The zero-order chi connectivity index (χ0) is 17.8. The maximum absolute atomic E-state index is 4.85. The Morgan fingerprint density at radius 3 is 2.69 bits per heavy atom. The third kappa shape index (κ3) is 3.99. The molecule has 0 radical (unpaired) electrons. The van der Waals surface area contributed by atoms with E-state index in [1.807, 2.05) is 0 Å². The number of imidazole rings is 1. The van der Waals surface area contributed by atoms with E-state index in [0.29, 0.717) is 0 Å². The summed E-state index contributed by atoms with van der Waals surface area (Å²) in [5.41, 5.74) is 3.82. The molecule has 2 aromatic carbocycles. The van der Waals surface area contributed by atoms with Crippen LogP contribution in [0.5, 0.6) is 0 Å². The van der Waals surface area contributed by atoms with Gasteiger partial charge in [0.15, 0.2) is 0 Å². The molecule has 1 aromatic heterocycles. The lowest BCUT2D eigenvalue weighted by Crippen LogP contribution is -2.35. The molecule has 1 unspecified atom stereocenters. The number of aryl methyl sites for hydroxylation is 2. The van der Waals surface area contributed by atoms with Crippen molar-refractivity contribution in [2.75, 3.05) is 13.1 Å². The molecule has 1 saturated heterocycles. The molecular weight excluding hydrogens is 318 g/mol. The average Bonchev–Trinajstić information content (AvgIpc) is 2.99. The number of piperidine rings is 1. The van der Waals surface area contributed by atoms with Crippen LogP contribution in [0.4, 0.5) is 0 Å². The second-order valence-electron chi connectivity index (χ2n) is 7.70. The predicted octanol–water partition coefficient (Wildman–Crippen LogP) is 4.81. The van der Waals surface area contributed by atoms with Crippen molar-refractivity contribution in [2.24, 2.45) is 13.0 Å². The highest BCUT2D eigenvalue weighted by atomic mass is 15.2. The van der Waals surface area contributed by atoms with Crippen molar-refractivity contribution in [3.8, 4) is 0 Å². The van der Waals surface area contributed by atoms with Gasteiger partial charge in [-0.1, -0.05) is 42.5 Å². The van der Waals surface area contributed by atoms with E-state index in [2.05, 4.69) is 71.1 Å². The zero-order valence-electron chi connectivity index (χ0n) is 15.8. The highest BCUT2D eigenvalue weighted by molar-refractivity contribution is 5.75. The second-order valence-corrected chi connectivity index (χ2v) is 7.70. The summed E-state index contributed by atoms with van der Waals surface area (Å²) >= 11 is 0. The SMILES string of the molecule is Cn1c(CN2CCCC(CCCc3ccccc3)C2)nc2ccccc21. The maximum Gasteiger partial charge on any atom is 0.123 e. The molecule has 0 amide bonds. The largest absolute Gasteiger partial charge is 0.330 e. The summed E-state index contributed by atoms with van der Waals surface area (Å²) < 4.78 is 2.26. The van der Waals surface area contributed by atoms with Crippen LogP contribution in [-0.4, -0.2) is 27.5 Å². The number of hydrogen-bond acceptors (Lipinski definition) is 2. The van der Waals surface area contributed by atoms with Crippen LogP contribution in [-0.2, 0) is 20.0 Å². The summed E-state index contributed by atoms with van der Waals surface area (Å²) in [6.45, 7) is 3.40. The summed E-state index contributed by atoms with van der Waals surface area (Å²) in [4.78, 5) is 7.46. The third-order valence-electron chi connectivity index (χ3n) is 5.77. The molecule has 1 fully saturated rings. The van der Waals surface area contributed by atoms with Gasteiger partial charge in [-0.3, -0.25) is 4.90 Å². The molecule has 3 nitrogen and oxygen atoms in total. The number of likely N-dealkylation sites (tertiary alicyclic amines) is 1. The van der Waals surface area contributed by atoms with Gasteiger partial charge in [0.05, 0.1) is 17.6 Å². The lowest BCUT2D eigenvalue weighted by atomic mass is 9.92. The fourth-order valence-corrected chi connectivity index (χ4v) is 4.31. The monoisotopic (exact) mass is 347 g/mol. The van der Waals surface area contributed by atoms with Crippen molar-refractivity contribution in [3.05, 3.63) is 66.0 Å². The van der Waals surface area contributed by atoms with Crippen molar-refractivity contribution in [1.82, 2.24) is 14.5 Å². The average molecular weight is 348 g/mol. The Kier molecular flexibility index (Phi) is 5.35. The summed E-state index contributed by atoms with van der Waals surface area (Å²) in [6, 6.07) is 19.3. The van der Waals surface area contributed by atoms with Gasteiger partial charge in [0.1, 0.15) is 5.82 Å². The molecular formula is C23H29N3. The second kappa shape index (κ2) is 8.05. The van der Waals surface area contributed by atoms with Crippen LogP contribution in [0.2, 0.25) is 0 Å². The van der Waals surface area contributed by atoms with Crippen LogP contribution in [0.15, 0.2) is 54.6 Å². The Bertz CT molecular complexity index is 837. The van der Waals surface area contributed by atoms with E-state index < -0.39 is 0 Å². The number of nitrogens with zero attached hydrogens (tertiary/aromatic N) is 3. The summed E-state index contributed by atoms with van der Waals surface area (Å²) in [5.74, 6) is 2.03. The number of fused-ring (bicyclic) bond motifs is 1. The van der Waals surface area contributed by atoms with Crippen LogP contribution in [0, 0.1) is 5.92 Å². The van der Waals surface area contributed by atoms with Crippen molar-refractivity contribution < 1.29 is 0 Å². The molecule has 0 bridgehead atoms. The van der Waals surface area contributed by atoms with E-state index in [9.17, 15) is 0 Å². The van der Waals surface area contributed by atoms with Gasteiger partial charge in [-0.15, -0.1) is 0 Å². The van der Waals surface area contributed by atoms with Gasteiger partial charge in [-0.05, 0) is 62.3 Å². The van der Waals surface area contributed by atoms with E-state index >= 15 is 0 Å². The molecule has 0 aliphatic carbocycles. The molecule has 3 heteroatoms. The fraction of sp³-hybridized carbons (Fsp3) is 0.435. The normalized spacial score (nSPS) is 18.4. The summed E-state index contributed by atoms with van der Waals surface area (Å²) in [5, 5.41) is 0. The number of hydrogen-bond donors (Lipinski definition) is 0. The minimum atomic E-state index is 0.835. The third-order valence-corrected chi connectivity index (χ3v) is 5.77. The van der Waals surface area contributed by atoms with Crippen molar-refractivity contribution in [3.63, 3.8) is 0 Å². The van der Waals surface area contributed by atoms with Crippen LogP contribution >= 0.6 is 0 Å². The van der Waals surface area contributed by atoms with Gasteiger partial charge >= 0.3 is 0 Å². The van der Waals surface area contributed by atoms with Gasteiger partial charge in [0.2, 0.25) is 0 Å². The lowest BCUT2D eigenvalue weighted by Gasteiger charge is -2.32. The van der Waals surface area contributed by atoms with Gasteiger partial charge in [0, 0.05) is 13.6 Å².